The number of esters is 2. The van der Waals surface area contributed by atoms with E-state index < -0.39 is 62.4 Å². The molecule has 4 N–H and O–H groups in total. The third-order valence-electron chi connectivity index (χ3n) is 10.5. The Morgan fingerprint density at radius 1 is 0.712 bits per heavy atom. The van der Waals surface area contributed by atoms with E-state index >= 15 is 0 Å². The van der Waals surface area contributed by atoms with Gasteiger partial charge in [0, 0.05) is 23.8 Å². The third-order valence-corrected chi connectivity index (χ3v) is 12.9. The Balaban J connectivity index is 5.18. The number of aliphatic carboxylic acids is 1. The summed E-state index contributed by atoms with van der Waals surface area (Å²) in [6.07, 6.45) is 41.4. The van der Waals surface area contributed by atoms with Crippen LogP contribution in [-0.2, 0) is 37.5 Å². The SMILES string of the molecule is CCCCC/C=C\C\C=C/C=C/C=C/[C@@H](SC[C@H](N)C(=O)O[C@H](COC(=O)CCCCCCCCC/C=C\CCCCCCCC)COP(=O)([O-])OCC[N+](C)(C)C)[C@@H](O)CCCC(=O)O. The highest BCUT2D eigenvalue weighted by molar-refractivity contribution is 8.00. The van der Waals surface area contributed by atoms with E-state index in [0.717, 1.165) is 44.9 Å². The molecule has 0 saturated carbocycles. The van der Waals surface area contributed by atoms with Gasteiger partial charge >= 0.3 is 17.9 Å². The van der Waals surface area contributed by atoms with Crippen molar-refractivity contribution >= 4 is 37.5 Å². The van der Waals surface area contributed by atoms with Crippen molar-refractivity contribution in [1.82, 2.24) is 0 Å². The number of carbonyl (C=O) groups excluding carboxylic acids is 2. The van der Waals surface area contributed by atoms with Crippen LogP contribution in [0.2, 0.25) is 0 Å². The topological polar surface area (TPSA) is 195 Å². The Labute approximate surface area is 404 Å². The number of nitrogens with zero attached hydrogens (tertiary/aromatic N) is 1. The highest BCUT2D eigenvalue weighted by Crippen LogP contribution is 2.38. The standard InChI is InChI=1S/C51H91N2O11PS/c1-6-8-10-12-14-16-18-20-21-22-23-24-26-28-30-32-34-39-50(57)61-42-45(43-63-65(59,60)62-41-40-53(3,4)5)64-51(58)46(52)44-66-48(47(54)36-35-38-49(55)56)37-33-31-29-27-25-19-17-15-13-11-9-7-2/h15,17,20-21,25,27,29,31,33,37,45-48,54H,6-14,16,18-19,22-24,26,28,30,32,34-36,38-44,52H2,1-5H3,(H-,55,56,59,60)/b17-15-,21-20-,27-25-,31-29+,37-33+/t45-,46+,47+,48-/m1/s1. The number of hydrogen-bond donors (Lipinski definition) is 3. The summed E-state index contributed by atoms with van der Waals surface area (Å²) in [4.78, 5) is 49.6. The molecule has 0 spiro atoms. The van der Waals surface area contributed by atoms with E-state index in [9.17, 15) is 28.9 Å². The minimum atomic E-state index is -4.79. The second-order valence-electron chi connectivity index (χ2n) is 18.0. The zero-order valence-corrected chi connectivity index (χ0v) is 43.2. The molecule has 0 amide bonds. The summed E-state index contributed by atoms with van der Waals surface area (Å²) in [6.45, 7) is 3.60. The maximum atomic E-state index is 13.2. The van der Waals surface area contributed by atoms with Gasteiger partial charge in [0.2, 0.25) is 0 Å². The number of allylic oxidation sites excluding steroid dienone is 9. The molecule has 1 unspecified atom stereocenters. The summed E-state index contributed by atoms with van der Waals surface area (Å²) in [7, 11) is 0.859. The Morgan fingerprint density at radius 2 is 1.27 bits per heavy atom. The first-order chi connectivity index (χ1) is 31.6. The van der Waals surface area contributed by atoms with Gasteiger partial charge in [-0.2, -0.15) is 0 Å². The molecule has 0 bridgehead atoms. The van der Waals surface area contributed by atoms with Gasteiger partial charge in [0.25, 0.3) is 7.82 Å². The van der Waals surface area contributed by atoms with Crippen molar-refractivity contribution in [1.29, 1.82) is 0 Å². The van der Waals surface area contributed by atoms with Crippen molar-refractivity contribution < 1.29 is 57.1 Å². The fourth-order valence-electron chi connectivity index (χ4n) is 6.43. The molecular formula is C51H91N2O11PS. The molecule has 5 atom stereocenters. The number of thioether (sulfide) groups is 1. The molecule has 0 aromatic carbocycles. The van der Waals surface area contributed by atoms with E-state index in [2.05, 4.69) is 38.2 Å². The summed E-state index contributed by atoms with van der Waals surface area (Å²) in [5.41, 5.74) is 6.24. The normalized spacial score (nSPS) is 15.3. The van der Waals surface area contributed by atoms with Crippen molar-refractivity contribution in [3.05, 3.63) is 60.8 Å². The van der Waals surface area contributed by atoms with Crippen LogP contribution in [0, 0.1) is 0 Å². The first-order valence-electron chi connectivity index (χ1n) is 24.9. The number of carboxylic acid groups (broad SMARTS) is 1. The number of phosphoric ester groups is 1. The molecule has 66 heavy (non-hydrogen) atoms. The maximum Gasteiger partial charge on any atom is 0.324 e. The minimum absolute atomic E-state index is 0.00989. The molecule has 0 heterocycles. The van der Waals surface area contributed by atoms with Crippen LogP contribution in [0.3, 0.4) is 0 Å². The maximum absolute atomic E-state index is 13.2. The molecule has 0 aromatic heterocycles. The number of aliphatic hydroxyl groups is 1. The van der Waals surface area contributed by atoms with Gasteiger partial charge in [-0.05, 0) is 64.2 Å². The summed E-state index contributed by atoms with van der Waals surface area (Å²) in [5, 5.41) is 19.5. The van der Waals surface area contributed by atoms with Crippen molar-refractivity contribution in [2.45, 2.75) is 191 Å². The summed E-state index contributed by atoms with van der Waals surface area (Å²) < 4.78 is 34.1. The quantitative estimate of drug-likeness (QED) is 0.0130. The predicted octanol–water partition coefficient (Wildman–Crippen LogP) is 10.7. The summed E-state index contributed by atoms with van der Waals surface area (Å²) in [6, 6.07) is -1.20. The number of quaternary nitrogens is 1. The van der Waals surface area contributed by atoms with Gasteiger partial charge in [-0.15, -0.1) is 11.8 Å². The van der Waals surface area contributed by atoms with Gasteiger partial charge < -0.3 is 43.8 Å². The lowest BCUT2D eigenvalue weighted by Crippen LogP contribution is -2.40. The second-order valence-corrected chi connectivity index (χ2v) is 20.7. The summed E-state index contributed by atoms with van der Waals surface area (Å²) >= 11 is 1.20. The van der Waals surface area contributed by atoms with Crippen molar-refractivity contribution in [3.8, 4) is 0 Å². The van der Waals surface area contributed by atoms with Gasteiger partial charge in [-0.1, -0.05) is 152 Å². The number of ether oxygens (including phenoxy) is 2. The fraction of sp³-hybridized carbons (Fsp3) is 0.745. The zero-order valence-electron chi connectivity index (χ0n) is 41.5. The Hall–Kier alpha value is -2.55. The van der Waals surface area contributed by atoms with Crippen molar-refractivity contribution in [2.75, 3.05) is 53.3 Å². The molecule has 0 aliphatic rings. The van der Waals surface area contributed by atoms with E-state index in [1.165, 1.54) is 88.8 Å². The number of rotatable bonds is 45. The third kappa shape index (κ3) is 42.8. The number of hydrogen-bond acceptors (Lipinski definition) is 12. The smallest absolute Gasteiger partial charge is 0.324 e. The average Bonchev–Trinajstić information content (AvgIpc) is 3.26. The lowest BCUT2D eigenvalue weighted by atomic mass is 10.1. The van der Waals surface area contributed by atoms with Crippen LogP contribution in [0.25, 0.3) is 0 Å². The molecule has 13 nitrogen and oxygen atoms in total. The Bertz CT molecular complexity index is 1430. The van der Waals surface area contributed by atoms with E-state index in [4.69, 9.17) is 29.4 Å². The van der Waals surface area contributed by atoms with E-state index in [1.54, 1.807) is 12.2 Å². The predicted molar refractivity (Wildman–Crippen MR) is 269 cm³/mol. The average molecular weight is 971 g/mol. The second kappa shape index (κ2) is 42.5. The number of nitrogens with two attached hydrogens (primary N) is 1. The van der Waals surface area contributed by atoms with Crippen LogP contribution in [0.4, 0.5) is 0 Å². The number of unbranched alkanes of at least 4 members (excludes halogenated alkanes) is 16. The Morgan fingerprint density at radius 3 is 1.89 bits per heavy atom. The molecule has 0 saturated heterocycles. The molecule has 0 aromatic rings. The molecule has 0 aliphatic heterocycles. The number of aliphatic hydroxyl groups excluding tert-OH is 1. The molecular weight excluding hydrogens is 880 g/mol. The first kappa shape index (κ1) is 63.5. The Kier molecular flexibility index (Phi) is 40.9. The van der Waals surface area contributed by atoms with Gasteiger partial charge in [-0.3, -0.25) is 18.9 Å². The monoisotopic (exact) mass is 971 g/mol. The number of carbonyl (C=O) groups is 3. The largest absolute Gasteiger partial charge is 0.756 e. The van der Waals surface area contributed by atoms with Crippen molar-refractivity contribution in [2.24, 2.45) is 5.73 Å². The van der Waals surface area contributed by atoms with Gasteiger partial charge in [0.15, 0.2) is 6.10 Å². The first-order valence-corrected chi connectivity index (χ1v) is 27.4. The van der Waals surface area contributed by atoms with Crippen LogP contribution >= 0.6 is 19.6 Å². The molecule has 382 valence electrons. The number of carboxylic acids is 1. The van der Waals surface area contributed by atoms with Crippen LogP contribution < -0.4 is 10.6 Å². The van der Waals surface area contributed by atoms with E-state index in [0.29, 0.717) is 17.4 Å². The highest BCUT2D eigenvalue weighted by Gasteiger charge is 2.26. The van der Waals surface area contributed by atoms with Crippen LogP contribution in [0.15, 0.2) is 60.8 Å². The van der Waals surface area contributed by atoms with Gasteiger partial charge in [-0.25, -0.2) is 0 Å². The molecule has 0 rings (SSSR count). The lowest BCUT2D eigenvalue weighted by Gasteiger charge is -2.28. The van der Waals surface area contributed by atoms with Crippen LogP contribution in [-0.4, -0.2) is 109 Å². The fourth-order valence-corrected chi connectivity index (χ4v) is 8.28. The number of likely N-dealkylation sites (N-methyl/N-ethyl adjacent to an activating group) is 1. The van der Waals surface area contributed by atoms with Crippen LogP contribution in [0.1, 0.15) is 168 Å². The number of phosphoric acid groups is 1. The molecule has 0 radical (unpaired) electrons. The van der Waals surface area contributed by atoms with Crippen LogP contribution in [0.5, 0.6) is 0 Å². The molecule has 0 aliphatic carbocycles. The lowest BCUT2D eigenvalue weighted by molar-refractivity contribution is -0.870. The molecule has 15 heteroatoms. The summed E-state index contributed by atoms with van der Waals surface area (Å²) in [5.74, 6) is -2.33. The zero-order chi connectivity index (χ0) is 49.2. The van der Waals surface area contributed by atoms with Gasteiger partial charge in [0.05, 0.1) is 33.9 Å². The minimum Gasteiger partial charge on any atom is -0.756 e. The molecule has 0 fully saturated rings. The highest BCUT2D eigenvalue weighted by atomic mass is 32.2. The van der Waals surface area contributed by atoms with Gasteiger partial charge in [0.1, 0.15) is 25.8 Å². The van der Waals surface area contributed by atoms with Crippen molar-refractivity contribution in [3.63, 3.8) is 0 Å². The van der Waals surface area contributed by atoms with E-state index in [1.807, 2.05) is 45.4 Å². The van der Waals surface area contributed by atoms with E-state index in [-0.39, 0.29) is 38.0 Å².